The molecule has 1 heterocycles. The number of sulfone groups is 1. The molecular weight excluding hydrogens is 337 g/mol. The molecule has 0 radical (unpaired) electrons. The normalized spacial score (nSPS) is 20.0. The zero-order valence-electron chi connectivity index (χ0n) is 10.9. The highest BCUT2D eigenvalue weighted by Gasteiger charge is 2.57. The van der Waals surface area contributed by atoms with Gasteiger partial charge in [-0.1, -0.05) is 0 Å². The van der Waals surface area contributed by atoms with Gasteiger partial charge in [-0.3, -0.25) is 0 Å². The summed E-state index contributed by atoms with van der Waals surface area (Å²) in [5.41, 5.74) is 0. The highest BCUT2D eigenvalue weighted by atomic mass is 32.2. The van der Waals surface area contributed by atoms with Gasteiger partial charge >= 0.3 is 12.1 Å². The summed E-state index contributed by atoms with van der Waals surface area (Å²) >= 11 is 1.59. The lowest BCUT2D eigenvalue weighted by Crippen LogP contribution is -2.40. The topological polar surface area (TPSA) is 57.9 Å². The predicted octanol–water partition coefficient (Wildman–Crippen LogP) is 3.02. The summed E-state index contributed by atoms with van der Waals surface area (Å²) in [6.07, 6.45) is -6.75. The van der Waals surface area contributed by atoms with E-state index >= 15 is 0 Å². The maximum atomic E-state index is 12.8. The van der Waals surface area contributed by atoms with Crippen molar-refractivity contribution in [1.82, 2.24) is 0 Å². The van der Waals surface area contributed by atoms with E-state index in [9.17, 15) is 30.4 Å². The van der Waals surface area contributed by atoms with Crippen LogP contribution in [0, 0.1) is 17.2 Å². The molecule has 1 saturated heterocycles. The quantitative estimate of drug-likeness (QED) is 0.715. The number of halogens is 5. The van der Waals surface area contributed by atoms with Crippen LogP contribution >= 0.6 is 11.8 Å². The lowest BCUT2D eigenvalue weighted by atomic mass is 9.99. The first-order valence-corrected chi connectivity index (χ1v) is 9.02. The van der Waals surface area contributed by atoms with E-state index in [-0.39, 0.29) is 0 Å². The van der Waals surface area contributed by atoms with E-state index in [1.54, 1.807) is 17.8 Å². The molecule has 0 aromatic heterocycles. The zero-order chi connectivity index (χ0) is 16.3. The van der Waals surface area contributed by atoms with Crippen LogP contribution in [0.2, 0.25) is 0 Å². The molecule has 1 atom stereocenters. The monoisotopic (exact) mass is 351 g/mol. The summed E-state index contributed by atoms with van der Waals surface area (Å²) < 4.78 is 85.5. The highest BCUT2D eigenvalue weighted by Crippen LogP contribution is 2.39. The van der Waals surface area contributed by atoms with Crippen molar-refractivity contribution >= 4 is 21.6 Å². The molecule has 0 aromatic carbocycles. The fraction of sp³-hybridized carbons (Fsp3) is 0.909. The van der Waals surface area contributed by atoms with Crippen LogP contribution in [-0.4, -0.2) is 43.0 Å². The zero-order valence-corrected chi connectivity index (χ0v) is 12.5. The van der Waals surface area contributed by atoms with E-state index < -0.39 is 45.3 Å². The van der Waals surface area contributed by atoms with Crippen LogP contribution in [0.25, 0.3) is 0 Å². The van der Waals surface area contributed by atoms with Crippen molar-refractivity contribution in [2.45, 2.75) is 36.6 Å². The molecule has 1 fully saturated rings. The Bertz CT molecular complexity index is 492. The van der Waals surface area contributed by atoms with E-state index in [1.165, 1.54) is 0 Å². The summed E-state index contributed by atoms with van der Waals surface area (Å²) in [6, 6.07) is 1.56. The summed E-state index contributed by atoms with van der Waals surface area (Å²) in [5, 5.41) is 7.45. The molecule has 1 aliphatic rings. The number of hydrogen-bond acceptors (Lipinski definition) is 4. The van der Waals surface area contributed by atoms with Gasteiger partial charge in [-0.15, -0.1) is 0 Å². The number of nitriles is 1. The standard InChI is InChI=1S/C11H14F5NO2S2/c12-10(13,11(14,15)16)3-6-21(18,19)9(7-17)8-1-4-20-5-2-8/h8-9H,1-6H2. The molecule has 1 aliphatic heterocycles. The molecule has 1 rings (SSSR count). The van der Waals surface area contributed by atoms with E-state index in [1.807, 2.05) is 0 Å². The summed E-state index contributed by atoms with van der Waals surface area (Å²) in [5.74, 6) is -5.61. The number of alkyl halides is 5. The second-order valence-electron chi connectivity index (χ2n) is 4.82. The van der Waals surface area contributed by atoms with Gasteiger partial charge in [-0.05, 0) is 30.3 Å². The number of rotatable bonds is 5. The van der Waals surface area contributed by atoms with Crippen molar-refractivity contribution in [2.24, 2.45) is 5.92 Å². The van der Waals surface area contributed by atoms with Gasteiger partial charge in [0.05, 0.1) is 11.8 Å². The van der Waals surface area contributed by atoms with E-state index in [2.05, 4.69) is 0 Å². The molecule has 0 aromatic rings. The van der Waals surface area contributed by atoms with Crippen molar-refractivity contribution < 1.29 is 30.4 Å². The van der Waals surface area contributed by atoms with Crippen LogP contribution in [0.3, 0.4) is 0 Å². The average Bonchev–Trinajstić information content (AvgIpc) is 2.37. The Morgan fingerprint density at radius 3 is 2.14 bits per heavy atom. The van der Waals surface area contributed by atoms with E-state index in [0.29, 0.717) is 24.3 Å². The first kappa shape index (κ1) is 18.5. The Kier molecular flexibility index (Phi) is 5.89. The van der Waals surface area contributed by atoms with Gasteiger partial charge in [0.15, 0.2) is 15.1 Å². The van der Waals surface area contributed by atoms with Crippen LogP contribution in [0.15, 0.2) is 0 Å². The third kappa shape index (κ3) is 4.71. The van der Waals surface area contributed by atoms with Gasteiger partial charge in [0.2, 0.25) is 0 Å². The van der Waals surface area contributed by atoms with Crippen molar-refractivity contribution in [3.05, 3.63) is 0 Å². The third-order valence-electron chi connectivity index (χ3n) is 3.32. The Hall–Kier alpha value is -0.560. The molecule has 1 unspecified atom stereocenters. The smallest absolute Gasteiger partial charge is 0.227 e. The third-order valence-corrected chi connectivity index (χ3v) is 6.41. The SMILES string of the molecule is N#CC(C1CCSCC1)S(=O)(=O)CCC(F)(F)C(F)(F)F. The average molecular weight is 351 g/mol. The largest absolute Gasteiger partial charge is 0.453 e. The van der Waals surface area contributed by atoms with Crippen LogP contribution in [-0.2, 0) is 9.84 Å². The van der Waals surface area contributed by atoms with Gasteiger partial charge < -0.3 is 0 Å². The lowest BCUT2D eigenvalue weighted by Gasteiger charge is -2.26. The van der Waals surface area contributed by atoms with Crippen LogP contribution in [0.5, 0.6) is 0 Å². The van der Waals surface area contributed by atoms with Gasteiger partial charge in [0, 0.05) is 6.42 Å². The maximum Gasteiger partial charge on any atom is 0.453 e. The molecule has 21 heavy (non-hydrogen) atoms. The second-order valence-corrected chi connectivity index (χ2v) is 8.29. The second kappa shape index (κ2) is 6.69. The fourth-order valence-corrected chi connectivity index (χ4v) is 4.99. The molecule has 0 spiro atoms. The van der Waals surface area contributed by atoms with Crippen molar-refractivity contribution in [1.29, 1.82) is 5.26 Å². The van der Waals surface area contributed by atoms with Gasteiger partial charge in [-0.2, -0.15) is 39.0 Å². The van der Waals surface area contributed by atoms with Gasteiger partial charge in [-0.25, -0.2) is 8.42 Å². The summed E-state index contributed by atoms with van der Waals surface area (Å²) in [6.45, 7) is 0. The molecule has 0 N–H and O–H groups in total. The summed E-state index contributed by atoms with van der Waals surface area (Å²) in [4.78, 5) is 0. The van der Waals surface area contributed by atoms with E-state index in [4.69, 9.17) is 5.26 Å². The van der Waals surface area contributed by atoms with E-state index in [0.717, 1.165) is 0 Å². The maximum absolute atomic E-state index is 12.8. The van der Waals surface area contributed by atoms with Crippen molar-refractivity contribution in [3.8, 4) is 6.07 Å². The van der Waals surface area contributed by atoms with Crippen molar-refractivity contribution in [3.63, 3.8) is 0 Å². The molecule has 0 amide bonds. The van der Waals surface area contributed by atoms with Crippen LogP contribution in [0.1, 0.15) is 19.3 Å². The van der Waals surface area contributed by atoms with Crippen LogP contribution < -0.4 is 0 Å². The Balaban J connectivity index is 2.78. The van der Waals surface area contributed by atoms with Gasteiger partial charge in [0.25, 0.3) is 0 Å². The minimum absolute atomic E-state index is 0.442. The fourth-order valence-electron chi connectivity index (χ4n) is 2.04. The molecule has 3 nitrogen and oxygen atoms in total. The molecule has 0 saturated carbocycles. The highest BCUT2D eigenvalue weighted by molar-refractivity contribution is 7.99. The Morgan fingerprint density at radius 1 is 1.19 bits per heavy atom. The summed E-state index contributed by atoms with van der Waals surface area (Å²) in [7, 11) is -4.32. The molecular formula is C11H14F5NO2S2. The number of thioether (sulfide) groups is 1. The first-order chi connectivity index (χ1) is 9.51. The lowest BCUT2D eigenvalue weighted by molar-refractivity contribution is -0.282. The predicted molar refractivity (Wildman–Crippen MR) is 68.9 cm³/mol. The first-order valence-electron chi connectivity index (χ1n) is 6.15. The number of nitrogens with zero attached hydrogens (tertiary/aromatic N) is 1. The number of hydrogen-bond donors (Lipinski definition) is 0. The molecule has 0 aliphatic carbocycles. The van der Waals surface area contributed by atoms with Crippen molar-refractivity contribution in [2.75, 3.05) is 17.3 Å². The molecule has 10 heteroatoms. The minimum atomic E-state index is -5.79. The Labute approximate surface area is 123 Å². The van der Waals surface area contributed by atoms with Gasteiger partial charge in [0.1, 0.15) is 0 Å². The minimum Gasteiger partial charge on any atom is -0.227 e. The Morgan fingerprint density at radius 2 is 1.71 bits per heavy atom. The molecule has 0 bridgehead atoms. The molecule has 122 valence electrons. The van der Waals surface area contributed by atoms with Crippen LogP contribution in [0.4, 0.5) is 22.0 Å².